The summed E-state index contributed by atoms with van der Waals surface area (Å²) in [7, 11) is 0. The van der Waals surface area contributed by atoms with Crippen LogP contribution in [0.15, 0.2) is 4.99 Å². The van der Waals surface area contributed by atoms with Gasteiger partial charge in [-0.2, -0.15) is 0 Å². The molecule has 2 rings (SSSR count). The van der Waals surface area contributed by atoms with E-state index < -0.39 is 0 Å². The number of hydrogen-bond donors (Lipinski definition) is 1. The zero-order valence-corrected chi connectivity index (χ0v) is 11.6. The molecule has 0 spiro atoms. The van der Waals surface area contributed by atoms with Crippen LogP contribution in [0.3, 0.4) is 0 Å². The number of rotatable bonds is 7. The number of aliphatic imine (C=N–C) groups is 1. The first-order valence-electron chi connectivity index (χ1n) is 6.90. The van der Waals surface area contributed by atoms with E-state index in [9.17, 15) is 0 Å². The van der Waals surface area contributed by atoms with Gasteiger partial charge in [-0.05, 0) is 38.0 Å². The van der Waals surface area contributed by atoms with Crippen molar-refractivity contribution >= 4 is 16.9 Å². The minimum Gasteiger partial charge on any atom is -0.381 e. The molecule has 1 heterocycles. The van der Waals surface area contributed by atoms with E-state index in [1.165, 1.54) is 31.4 Å². The van der Waals surface area contributed by atoms with Crippen LogP contribution in [0.2, 0.25) is 0 Å². The Morgan fingerprint density at radius 1 is 1.41 bits per heavy atom. The molecule has 98 valence electrons. The van der Waals surface area contributed by atoms with E-state index in [4.69, 9.17) is 4.74 Å². The first-order chi connectivity index (χ1) is 8.38. The first kappa shape index (κ1) is 13.2. The lowest BCUT2D eigenvalue weighted by Crippen LogP contribution is -2.37. The highest BCUT2D eigenvalue weighted by atomic mass is 32.2. The maximum absolute atomic E-state index is 5.59. The van der Waals surface area contributed by atoms with Crippen molar-refractivity contribution < 1.29 is 4.74 Å². The summed E-state index contributed by atoms with van der Waals surface area (Å²) in [4.78, 5) is 4.60. The van der Waals surface area contributed by atoms with E-state index in [0.717, 1.165) is 37.3 Å². The van der Waals surface area contributed by atoms with Crippen LogP contribution in [-0.2, 0) is 4.74 Å². The second kappa shape index (κ2) is 7.27. The van der Waals surface area contributed by atoms with Gasteiger partial charge in [0.2, 0.25) is 0 Å². The lowest BCUT2D eigenvalue weighted by molar-refractivity contribution is 0.123. The number of nitrogens with one attached hydrogen (secondary N) is 1. The Kier molecular flexibility index (Phi) is 5.65. The van der Waals surface area contributed by atoms with Crippen molar-refractivity contribution in [2.45, 2.75) is 45.1 Å². The summed E-state index contributed by atoms with van der Waals surface area (Å²) in [6.07, 6.45) is 6.27. The fourth-order valence-electron chi connectivity index (χ4n) is 1.87. The molecule has 1 saturated carbocycles. The van der Waals surface area contributed by atoms with E-state index >= 15 is 0 Å². The number of amidine groups is 1. The van der Waals surface area contributed by atoms with Crippen LogP contribution in [-0.4, -0.2) is 36.7 Å². The topological polar surface area (TPSA) is 33.6 Å². The van der Waals surface area contributed by atoms with Crippen molar-refractivity contribution in [2.24, 2.45) is 10.9 Å². The van der Waals surface area contributed by atoms with Crippen LogP contribution in [0.4, 0.5) is 0 Å². The molecule has 1 aliphatic heterocycles. The summed E-state index contributed by atoms with van der Waals surface area (Å²) >= 11 is 1.86. The van der Waals surface area contributed by atoms with Crippen LogP contribution in [0, 0.1) is 5.92 Å². The third kappa shape index (κ3) is 5.30. The third-order valence-electron chi connectivity index (χ3n) is 3.28. The van der Waals surface area contributed by atoms with Gasteiger partial charge < -0.3 is 10.1 Å². The SMILES string of the molecule is CCC1CCSC(=NCCCOCC2CC2)N1. The molecule has 2 aliphatic rings. The van der Waals surface area contributed by atoms with Gasteiger partial charge in [0.1, 0.15) is 0 Å². The van der Waals surface area contributed by atoms with Crippen LogP contribution in [0.25, 0.3) is 0 Å². The maximum Gasteiger partial charge on any atom is 0.156 e. The Bertz CT molecular complexity index is 254. The lowest BCUT2D eigenvalue weighted by Gasteiger charge is -2.24. The van der Waals surface area contributed by atoms with E-state index in [-0.39, 0.29) is 0 Å². The summed E-state index contributed by atoms with van der Waals surface area (Å²) < 4.78 is 5.59. The van der Waals surface area contributed by atoms with E-state index in [1.54, 1.807) is 0 Å². The van der Waals surface area contributed by atoms with Gasteiger partial charge in [0.05, 0.1) is 0 Å². The molecule has 2 fully saturated rings. The Morgan fingerprint density at radius 2 is 2.29 bits per heavy atom. The Labute approximate surface area is 109 Å². The highest BCUT2D eigenvalue weighted by molar-refractivity contribution is 8.13. The average Bonchev–Trinajstić information content (AvgIpc) is 3.18. The summed E-state index contributed by atoms with van der Waals surface area (Å²) in [5.74, 6) is 2.09. The molecule has 0 aromatic carbocycles. The Balaban J connectivity index is 1.52. The molecule has 3 nitrogen and oxygen atoms in total. The number of nitrogens with zero attached hydrogens (tertiary/aromatic N) is 1. The molecular formula is C13H24N2OS. The third-order valence-corrected chi connectivity index (χ3v) is 4.24. The molecule has 1 saturated heterocycles. The molecule has 0 aromatic heterocycles. The predicted octanol–water partition coefficient (Wildman–Crippen LogP) is 2.66. The lowest BCUT2D eigenvalue weighted by atomic mass is 10.2. The standard InChI is InChI=1S/C13H24N2OS/c1-2-12-6-9-17-13(15-12)14-7-3-8-16-10-11-4-5-11/h11-12H,2-10H2,1H3,(H,14,15). The van der Waals surface area contributed by atoms with Crippen molar-refractivity contribution in [1.82, 2.24) is 5.32 Å². The molecule has 1 N–H and O–H groups in total. The summed E-state index contributed by atoms with van der Waals surface area (Å²) in [6, 6.07) is 0.640. The minimum atomic E-state index is 0.640. The smallest absolute Gasteiger partial charge is 0.156 e. The molecule has 17 heavy (non-hydrogen) atoms. The second-order valence-corrected chi connectivity index (χ2v) is 6.03. The van der Waals surface area contributed by atoms with Crippen LogP contribution >= 0.6 is 11.8 Å². The van der Waals surface area contributed by atoms with Gasteiger partial charge in [0.25, 0.3) is 0 Å². The molecule has 1 unspecified atom stereocenters. The van der Waals surface area contributed by atoms with Crippen LogP contribution in [0.1, 0.15) is 39.0 Å². The number of thioether (sulfide) groups is 1. The summed E-state index contributed by atoms with van der Waals surface area (Å²) in [5.41, 5.74) is 0. The van der Waals surface area contributed by atoms with Crippen molar-refractivity contribution in [3.05, 3.63) is 0 Å². The molecule has 1 atom stereocenters. The quantitative estimate of drug-likeness (QED) is 0.711. The van der Waals surface area contributed by atoms with Crippen molar-refractivity contribution in [2.75, 3.05) is 25.5 Å². The highest BCUT2D eigenvalue weighted by Crippen LogP contribution is 2.28. The number of hydrogen-bond acceptors (Lipinski definition) is 3. The monoisotopic (exact) mass is 256 g/mol. The van der Waals surface area contributed by atoms with E-state index in [2.05, 4.69) is 17.2 Å². The molecule has 0 bridgehead atoms. The van der Waals surface area contributed by atoms with Gasteiger partial charge in [-0.15, -0.1) is 0 Å². The van der Waals surface area contributed by atoms with Crippen molar-refractivity contribution in [3.8, 4) is 0 Å². The highest BCUT2D eigenvalue weighted by Gasteiger charge is 2.20. The van der Waals surface area contributed by atoms with Crippen molar-refractivity contribution in [1.29, 1.82) is 0 Å². The van der Waals surface area contributed by atoms with Gasteiger partial charge >= 0.3 is 0 Å². The maximum atomic E-state index is 5.59. The van der Waals surface area contributed by atoms with Gasteiger partial charge in [-0.3, -0.25) is 4.99 Å². The Morgan fingerprint density at radius 3 is 3.06 bits per heavy atom. The van der Waals surface area contributed by atoms with Gasteiger partial charge in [-0.1, -0.05) is 18.7 Å². The fourth-order valence-corrected chi connectivity index (χ4v) is 2.89. The molecule has 4 heteroatoms. The summed E-state index contributed by atoms with van der Waals surface area (Å²) in [5, 5.41) is 4.64. The first-order valence-corrected chi connectivity index (χ1v) is 7.88. The fraction of sp³-hybridized carbons (Fsp3) is 0.923. The molecule has 0 amide bonds. The average molecular weight is 256 g/mol. The zero-order chi connectivity index (χ0) is 11.9. The second-order valence-electron chi connectivity index (χ2n) is 4.95. The van der Waals surface area contributed by atoms with Crippen LogP contribution < -0.4 is 5.32 Å². The van der Waals surface area contributed by atoms with E-state index in [1.807, 2.05) is 11.8 Å². The van der Waals surface area contributed by atoms with Gasteiger partial charge in [0.15, 0.2) is 5.17 Å². The molecule has 0 radical (unpaired) electrons. The molecular weight excluding hydrogens is 232 g/mol. The zero-order valence-electron chi connectivity index (χ0n) is 10.8. The van der Waals surface area contributed by atoms with Gasteiger partial charge in [0, 0.05) is 31.6 Å². The molecule has 0 aromatic rings. The number of ether oxygens (including phenoxy) is 1. The van der Waals surface area contributed by atoms with E-state index in [0.29, 0.717) is 6.04 Å². The Hall–Kier alpha value is -0.220. The minimum absolute atomic E-state index is 0.640. The van der Waals surface area contributed by atoms with Crippen molar-refractivity contribution in [3.63, 3.8) is 0 Å². The largest absolute Gasteiger partial charge is 0.381 e. The van der Waals surface area contributed by atoms with Gasteiger partial charge in [-0.25, -0.2) is 0 Å². The summed E-state index contributed by atoms with van der Waals surface area (Å²) in [6.45, 7) is 4.98. The van der Waals surface area contributed by atoms with Crippen LogP contribution in [0.5, 0.6) is 0 Å². The molecule has 1 aliphatic carbocycles. The normalized spacial score (nSPS) is 27.1. The predicted molar refractivity (Wildman–Crippen MR) is 74.8 cm³/mol.